The third-order valence-electron chi connectivity index (χ3n) is 6.65. The molecule has 3 aliphatic rings. The molecule has 1 aromatic heterocycles. The SMILES string of the molecule is Cc1ccccc1C(=O)N1C(C(=O)NC2CC2)COC12CCN(C(=O)c1cccs1)CC2. The highest BCUT2D eigenvalue weighted by Crippen LogP contribution is 2.39. The van der Waals surface area contributed by atoms with Crippen LogP contribution in [0.2, 0.25) is 0 Å². The van der Waals surface area contributed by atoms with Crippen LogP contribution in [-0.4, -0.2) is 65.0 Å². The highest BCUT2D eigenvalue weighted by atomic mass is 32.1. The first-order chi connectivity index (χ1) is 15.5. The lowest BCUT2D eigenvalue weighted by molar-refractivity contribution is -0.128. The van der Waals surface area contributed by atoms with Gasteiger partial charge in [0.05, 0.1) is 11.5 Å². The van der Waals surface area contributed by atoms with Crippen LogP contribution < -0.4 is 5.32 Å². The first kappa shape index (κ1) is 21.2. The lowest BCUT2D eigenvalue weighted by atomic mass is 9.95. The van der Waals surface area contributed by atoms with Crippen molar-refractivity contribution in [3.63, 3.8) is 0 Å². The van der Waals surface area contributed by atoms with Crippen molar-refractivity contribution in [2.45, 2.75) is 50.4 Å². The number of aryl methyl sites for hydroxylation is 1. The summed E-state index contributed by atoms with van der Waals surface area (Å²) in [5.74, 6) is -0.328. The summed E-state index contributed by atoms with van der Waals surface area (Å²) in [6.07, 6.45) is 2.93. The zero-order chi connectivity index (χ0) is 22.3. The number of piperidine rings is 1. The van der Waals surface area contributed by atoms with Crippen molar-refractivity contribution in [1.29, 1.82) is 0 Å². The molecule has 8 heteroatoms. The summed E-state index contributed by atoms with van der Waals surface area (Å²) in [7, 11) is 0. The van der Waals surface area contributed by atoms with Crippen molar-refractivity contribution in [1.82, 2.24) is 15.1 Å². The predicted molar refractivity (Wildman–Crippen MR) is 120 cm³/mol. The van der Waals surface area contributed by atoms with Crippen molar-refractivity contribution in [3.8, 4) is 0 Å². The Kier molecular flexibility index (Phi) is 5.51. The number of nitrogens with one attached hydrogen (secondary N) is 1. The van der Waals surface area contributed by atoms with Crippen LogP contribution in [-0.2, 0) is 9.53 Å². The van der Waals surface area contributed by atoms with Crippen LogP contribution in [0.1, 0.15) is 51.3 Å². The second kappa shape index (κ2) is 8.33. The molecule has 2 aromatic rings. The lowest BCUT2D eigenvalue weighted by Crippen LogP contribution is -2.60. The summed E-state index contributed by atoms with van der Waals surface area (Å²) in [6, 6.07) is 10.7. The van der Waals surface area contributed by atoms with Gasteiger partial charge in [0.25, 0.3) is 11.8 Å². The number of benzene rings is 1. The molecular formula is C24H27N3O4S. The van der Waals surface area contributed by atoms with Gasteiger partial charge in [-0.25, -0.2) is 0 Å². The van der Waals surface area contributed by atoms with Crippen molar-refractivity contribution >= 4 is 29.1 Å². The molecule has 168 valence electrons. The standard InChI is InChI=1S/C24H27N3O4S/c1-16-5-2-3-6-18(16)22(29)27-19(21(28)25-17-8-9-17)15-31-24(27)10-12-26(13-11-24)23(30)20-7-4-14-32-20/h2-7,14,17,19H,8-13,15H2,1H3,(H,25,28). The molecule has 3 fully saturated rings. The zero-order valence-corrected chi connectivity index (χ0v) is 18.9. The molecule has 2 saturated heterocycles. The highest BCUT2D eigenvalue weighted by Gasteiger charge is 2.54. The largest absolute Gasteiger partial charge is 0.353 e. The molecule has 2 aliphatic heterocycles. The summed E-state index contributed by atoms with van der Waals surface area (Å²) in [6.45, 7) is 3.03. The van der Waals surface area contributed by atoms with Crippen LogP contribution in [0, 0.1) is 6.92 Å². The Morgan fingerprint density at radius 1 is 1.06 bits per heavy atom. The van der Waals surface area contributed by atoms with Crippen LogP contribution in [0.5, 0.6) is 0 Å². The van der Waals surface area contributed by atoms with Gasteiger partial charge in [-0.2, -0.15) is 0 Å². The molecule has 1 atom stereocenters. The Hall–Kier alpha value is -2.71. The molecule has 1 saturated carbocycles. The van der Waals surface area contributed by atoms with Crippen LogP contribution in [0.15, 0.2) is 41.8 Å². The Morgan fingerprint density at radius 3 is 2.47 bits per heavy atom. The summed E-state index contributed by atoms with van der Waals surface area (Å²) in [5.41, 5.74) is 0.571. The van der Waals surface area contributed by atoms with Gasteiger partial charge in [0, 0.05) is 37.5 Å². The maximum absolute atomic E-state index is 13.7. The molecule has 1 spiro atoms. The fourth-order valence-corrected chi connectivity index (χ4v) is 5.34. The molecule has 3 heterocycles. The third kappa shape index (κ3) is 3.82. The number of ether oxygens (including phenoxy) is 1. The van der Waals surface area contributed by atoms with Crippen LogP contribution in [0.25, 0.3) is 0 Å². The second-order valence-corrected chi connectivity index (χ2v) is 9.76. The number of likely N-dealkylation sites (tertiary alicyclic amines) is 1. The van der Waals surface area contributed by atoms with Crippen LogP contribution >= 0.6 is 11.3 Å². The summed E-state index contributed by atoms with van der Waals surface area (Å²) < 4.78 is 6.24. The van der Waals surface area contributed by atoms with Crippen molar-refractivity contribution < 1.29 is 19.1 Å². The number of rotatable bonds is 4. The van der Waals surface area contributed by atoms with Gasteiger partial charge in [0.15, 0.2) is 0 Å². The molecule has 3 amide bonds. The van der Waals surface area contributed by atoms with Gasteiger partial charge in [-0.05, 0) is 42.8 Å². The van der Waals surface area contributed by atoms with Crippen molar-refractivity contribution in [2.24, 2.45) is 0 Å². The van der Waals surface area contributed by atoms with E-state index in [4.69, 9.17) is 4.74 Å². The number of thiophene rings is 1. The maximum Gasteiger partial charge on any atom is 0.263 e. The summed E-state index contributed by atoms with van der Waals surface area (Å²) in [4.78, 5) is 43.8. The number of carbonyl (C=O) groups excluding carboxylic acids is 3. The zero-order valence-electron chi connectivity index (χ0n) is 18.1. The highest BCUT2D eigenvalue weighted by molar-refractivity contribution is 7.12. The number of carbonyl (C=O) groups is 3. The van der Waals surface area contributed by atoms with Gasteiger partial charge in [-0.15, -0.1) is 11.3 Å². The minimum absolute atomic E-state index is 0.00709. The average Bonchev–Trinajstić information content (AvgIpc) is 3.30. The van der Waals surface area contributed by atoms with Crippen LogP contribution in [0.3, 0.4) is 0 Å². The molecule has 1 aliphatic carbocycles. The Balaban J connectivity index is 1.40. The fraction of sp³-hybridized carbons (Fsp3) is 0.458. The first-order valence-corrected chi connectivity index (χ1v) is 12.0. The Morgan fingerprint density at radius 2 is 1.81 bits per heavy atom. The third-order valence-corrected chi connectivity index (χ3v) is 7.50. The lowest BCUT2D eigenvalue weighted by Gasteiger charge is -2.44. The number of hydrogen-bond donors (Lipinski definition) is 1. The van der Waals surface area contributed by atoms with E-state index >= 15 is 0 Å². The molecule has 7 nitrogen and oxygen atoms in total. The maximum atomic E-state index is 13.7. The number of hydrogen-bond acceptors (Lipinski definition) is 5. The molecule has 1 N–H and O–H groups in total. The van der Waals surface area contributed by atoms with E-state index in [1.165, 1.54) is 11.3 Å². The average molecular weight is 454 g/mol. The molecular weight excluding hydrogens is 426 g/mol. The molecule has 1 aromatic carbocycles. The molecule has 0 bridgehead atoms. The van der Waals surface area contributed by atoms with Gasteiger partial charge in [-0.3, -0.25) is 19.3 Å². The molecule has 0 radical (unpaired) electrons. The second-order valence-electron chi connectivity index (χ2n) is 8.82. The van der Waals surface area contributed by atoms with Crippen molar-refractivity contribution in [3.05, 3.63) is 57.8 Å². The minimum atomic E-state index is -0.878. The van der Waals surface area contributed by atoms with E-state index in [2.05, 4.69) is 5.32 Å². The smallest absolute Gasteiger partial charge is 0.263 e. The van der Waals surface area contributed by atoms with Gasteiger partial charge in [-0.1, -0.05) is 24.3 Å². The van der Waals surface area contributed by atoms with Gasteiger partial charge in [0.1, 0.15) is 11.8 Å². The minimum Gasteiger partial charge on any atom is -0.353 e. The Labute approximate surface area is 191 Å². The van der Waals surface area contributed by atoms with E-state index < -0.39 is 11.8 Å². The Bertz CT molecular complexity index is 1030. The van der Waals surface area contributed by atoms with E-state index in [9.17, 15) is 14.4 Å². The number of nitrogens with zero attached hydrogens (tertiary/aromatic N) is 2. The summed E-state index contributed by atoms with van der Waals surface area (Å²) in [5, 5.41) is 4.93. The van der Waals surface area contributed by atoms with Gasteiger partial charge >= 0.3 is 0 Å². The van der Waals surface area contributed by atoms with E-state index in [1.807, 2.05) is 47.5 Å². The molecule has 1 unspecified atom stereocenters. The monoisotopic (exact) mass is 453 g/mol. The number of amides is 3. The quantitative estimate of drug-likeness (QED) is 0.772. The summed E-state index contributed by atoms with van der Waals surface area (Å²) >= 11 is 1.43. The van der Waals surface area contributed by atoms with E-state index in [0.717, 1.165) is 18.4 Å². The first-order valence-electron chi connectivity index (χ1n) is 11.1. The normalized spacial score (nSPS) is 22.2. The van der Waals surface area contributed by atoms with E-state index in [-0.39, 0.29) is 30.4 Å². The van der Waals surface area contributed by atoms with Gasteiger partial charge in [0.2, 0.25) is 5.91 Å². The van der Waals surface area contributed by atoms with E-state index in [1.54, 1.807) is 11.0 Å². The fourth-order valence-electron chi connectivity index (χ4n) is 4.65. The topological polar surface area (TPSA) is 79.0 Å². The van der Waals surface area contributed by atoms with Crippen LogP contribution in [0.4, 0.5) is 0 Å². The predicted octanol–water partition coefficient (Wildman–Crippen LogP) is 2.81. The van der Waals surface area contributed by atoms with Gasteiger partial charge < -0.3 is 15.0 Å². The molecule has 5 rings (SSSR count). The molecule has 32 heavy (non-hydrogen) atoms. The van der Waals surface area contributed by atoms with E-state index in [0.29, 0.717) is 36.4 Å². The van der Waals surface area contributed by atoms with Crippen molar-refractivity contribution in [2.75, 3.05) is 19.7 Å².